The highest BCUT2D eigenvalue weighted by Gasteiger charge is 2.11. The van der Waals surface area contributed by atoms with Crippen LogP contribution < -0.4 is 0 Å². The van der Waals surface area contributed by atoms with Crippen molar-refractivity contribution in [2.45, 2.75) is 33.6 Å². The lowest BCUT2D eigenvalue weighted by atomic mass is 9.98. The second kappa shape index (κ2) is 3.57. The predicted octanol–water partition coefficient (Wildman–Crippen LogP) is 2.69. The summed E-state index contributed by atoms with van der Waals surface area (Å²) in [5.41, 5.74) is 3.79. The number of nitrogens with zero attached hydrogens (tertiary/aromatic N) is 2. The molecular formula is C11H14N2. The van der Waals surface area contributed by atoms with Gasteiger partial charge in [0.25, 0.3) is 0 Å². The van der Waals surface area contributed by atoms with Crippen molar-refractivity contribution in [1.29, 1.82) is 5.26 Å². The Morgan fingerprint density at radius 3 is 2.46 bits per heavy atom. The Hall–Kier alpha value is -1.36. The van der Waals surface area contributed by atoms with Crippen LogP contribution in [-0.4, -0.2) is 4.98 Å². The number of hydrogen-bond donors (Lipinski definition) is 0. The van der Waals surface area contributed by atoms with Gasteiger partial charge in [-0.15, -0.1) is 0 Å². The number of hydrogen-bond acceptors (Lipinski definition) is 2. The van der Waals surface area contributed by atoms with Crippen LogP contribution in [0.3, 0.4) is 0 Å². The molecule has 0 saturated carbocycles. The van der Waals surface area contributed by atoms with Gasteiger partial charge in [-0.05, 0) is 30.9 Å². The summed E-state index contributed by atoms with van der Waals surface area (Å²) in [6.45, 7) is 8.06. The molecule has 0 saturated heterocycles. The van der Waals surface area contributed by atoms with Crippen LogP contribution in [0, 0.1) is 25.2 Å². The van der Waals surface area contributed by atoms with Gasteiger partial charge in [0, 0.05) is 6.20 Å². The minimum Gasteiger partial charge on any atom is -0.259 e. The van der Waals surface area contributed by atoms with E-state index in [4.69, 9.17) is 5.26 Å². The van der Waals surface area contributed by atoms with E-state index in [0.717, 1.165) is 22.4 Å². The van der Waals surface area contributed by atoms with E-state index in [1.54, 1.807) is 0 Å². The number of rotatable bonds is 1. The van der Waals surface area contributed by atoms with Crippen LogP contribution in [0.15, 0.2) is 6.20 Å². The number of nitriles is 1. The van der Waals surface area contributed by atoms with E-state index in [1.807, 2.05) is 20.0 Å². The Bertz CT molecular complexity index is 359. The molecule has 68 valence electrons. The first kappa shape index (κ1) is 9.73. The third kappa shape index (κ3) is 1.70. The van der Waals surface area contributed by atoms with Crippen LogP contribution in [0.4, 0.5) is 0 Å². The normalized spacial score (nSPS) is 10.2. The second-order valence-electron chi connectivity index (χ2n) is 3.59. The second-order valence-corrected chi connectivity index (χ2v) is 3.59. The Kier molecular flexibility index (Phi) is 2.67. The van der Waals surface area contributed by atoms with Crippen molar-refractivity contribution in [1.82, 2.24) is 4.98 Å². The molecule has 0 fully saturated rings. The first-order valence-electron chi connectivity index (χ1n) is 4.44. The maximum Gasteiger partial charge on any atom is 0.101 e. The van der Waals surface area contributed by atoms with Crippen molar-refractivity contribution in [3.05, 3.63) is 28.6 Å². The summed E-state index contributed by atoms with van der Waals surface area (Å²) < 4.78 is 0. The van der Waals surface area contributed by atoms with Gasteiger partial charge in [0.15, 0.2) is 0 Å². The minimum absolute atomic E-state index is 0.314. The van der Waals surface area contributed by atoms with Gasteiger partial charge >= 0.3 is 0 Å². The monoisotopic (exact) mass is 174 g/mol. The molecule has 0 amide bonds. The van der Waals surface area contributed by atoms with Gasteiger partial charge in [-0.3, -0.25) is 4.98 Å². The van der Waals surface area contributed by atoms with E-state index in [9.17, 15) is 0 Å². The van der Waals surface area contributed by atoms with E-state index < -0.39 is 0 Å². The van der Waals surface area contributed by atoms with Crippen molar-refractivity contribution >= 4 is 0 Å². The zero-order valence-corrected chi connectivity index (χ0v) is 8.55. The first-order valence-corrected chi connectivity index (χ1v) is 4.44. The zero-order valence-electron chi connectivity index (χ0n) is 8.55. The molecular weight excluding hydrogens is 160 g/mol. The maximum atomic E-state index is 8.98. The molecule has 1 aromatic heterocycles. The van der Waals surface area contributed by atoms with E-state index in [1.165, 1.54) is 0 Å². The molecule has 1 aromatic rings. The number of aromatic nitrogens is 1. The molecule has 0 unspecified atom stereocenters. The molecule has 0 radical (unpaired) electrons. The number of pyridine rings is 1. The third-order valence-corrected chi connectivity index (χ3v) is 2.28. The van der Waals surface area contributed by atoms with Crippen LogP contribution in [0.5, 0.6) is 0 Å². The number of aryl methyl sites for hydroxylation is 1. The van der Waals surface area contributed by atoms with E-state index in [-0.39, 0.29) is 0 Å². The molecule has 0 aromatic carbocycles. The van der Waals surface area contributed by atoms with Gasteiger partial charge in [-0.25, -0.2) is 0 Å². The van der Waals surface area contributed by atoms with Crippen LogP contribution in [0.1, 0.15) is 42.1 Å². The Labute approximate surface area is 79.2 Å². The van der Waals surface area contributed by atoms with Gasteiger partial charge in [-0.2, -0.15) is 5.26 Å². The summed E-state index contributed by atoms with van der Waals surface area (Å²) in [5.74, 6) is 0.314. The fourth-order valence-electron chi connectivity index (χ4n) is 1.30. The molecule has 0 spiro atoms. The zero-order chi connectivity index (χ0) is 10.0. The van der Waals surface area contributed by atoms with Crippen molar-refractivity contribution in [3.63, 3.8) is 0 Å². The van der Waals surface area contributed by atoms with Crippen molar-refractivity contribution in [2.75, 3.05) is 0 Å². The topological polar surface area (TPSA) is 36.7 Å². The van der Waals surface area contributed by atoms with Gasteiger partial charge < -0.3 is 0 Å². The summed E-state index contributed by atoms with van der Waals surface area (Å²) in [6.07, 6.45) is 1.84. The lowest BCUT2D eigenvalue weighted by molar-refractivity contribution is 0.813. The van der Waals surface area contributed by atoms with Crippen LogP contribution in [0.25, 0.3) is 0 Å². The van der Waals surface area contributed by atoms with Crippen LogP contribution in [-0.2, 0) is 0 Å². The lowest BCUT2D eigenvalue weighted by Gasteiger charge is -2.10. The van der Waals surface area contributed by atoms with E-state index >= 15 is 0 Å². The molecule has 0 N–H and O–H groups in total. The third-order valence-electron chi connectivity index (χ3n) is 2.28. The molecule has 1 heterocycles. The Morgan fingerprint density at radius 1 is 1.38 bits per heavy atom. The summed E-state index contributed by atoms with van der Waals surface area (Å²) in [6, 6.07) is 2.22. The predicted molar refractivity (Wildman–Crippen MR) is 52.5 cm³/mol. The molecule has 2 nitrogen and oxygen atoms in total. The molecule has 13 heavy (non-hydrogen) atoms. The first-order chi connectivity index (χ1) is 6.07. The van der Waals surface area contributed by atoms with E-state index in [2.05, 4.69) is 24.9 Å². The highest BCUT2D eigenvalue weighted by atomic mass is 14.7. The van der Waals surface area contributed by atoms with Gasteiger partial charge in [0.2, 0.25) is 0 Å². The van der Waals surface area contributed by atoms with Gasteiger partial charge in [-0.1, -0.05) is 13.8 Å². The fourth-order valence-corrected chi connectivity index (χ4v) is 1.30. The standard InChI is InChI=1S/C11H14N2/c1-7(2)11-10(5-12)9(4)8(3)6-13-11/h6-7H,1-4H3. The molecule has 0 atom stereocenters. The van der Waals surface area contributed by atoms with Crippen molar-refractivity contribution in [2.24, 2.45) is 0 Å². The Morgan fingerprint density at radius 2 is 2.00 bits per heavy atom. The average Bonchev–Trinajstić information content (AvgIpc) is 2.09. The molecule has 0 aliphatic carbocycles. The molecule has 0 aliphatic rings. The lowest BCUT2D eigenvalue weighted by Crippen LogP contribution is -2.01. The SMILES string of the molecule is Cc1cnc(C(C)C)c(C#N)c1C. The van der Waals surface area contributed by atoms with Crippen molar-refractivity contribution in [3.8, 4) is 6.07 Å². The van der Waals surface area contributed by atoms with Crippen molar-refractivity contribution < 1.29 is 0 Å². The largest absolute Gasteiger partial charge is 0.259 e. The molecule has 1 rings (SSSR count). The highest BCUT2D eigenvalue weighted by molar-refractivity contribution is 5.44. The molecule has 2 heteroatoms. The fraction of sp³-hybridized carbons (Fsp3) is 0.455. The smallest absolute Gasteiger partial charge is 0.101 e. The highest BCUT2D eigenvalue weighted by Crippen LogP contribution is 2.21. The summed E-state index contributed by atoms with van der Waals surface area (Å²) >= 11 is 0. The average molecular weight is 174 g/mol. The van der Waals surface area contributed by atoms with Crippen LogP contribution >= 0.6 is 0 Å². The summed E-state index contributed by atoms with van der Waals surface area (Å²) in [4.78, 5) is 4.29. The quantitative estimate of drug-likeness (QED) is 0.656. The molecule has 0 bridgehead atoms. The minimum atomic E-state index is 0.314. The van der Waals surface area contributed by atoms with Crippen LogP contribution in [0.2, 0.25) is 0 Å². The summed E-state index contributed by atoms with van der Waals surface area (Å²) in [5, 5.41) is 8.98. The summed E-state index contributed by atoms with van der Waals surface area (Å²) in [7, 11) is 0. The van der Waals surface area contributed by atoms with Gasteiger partial charge in [0.1, 0.15) is 6.07 Å². The maximum absolute atomic E-state index is 8.98. The van der Waals surface area contributed by atoms with E-state index in [0.29, 0.717) is 5.92 Å². The van der Waals surface area contributed by atoms with Gasteiger partial charge in [0.05, 0.1) is 11.3 Å². The molecule has 0 aliphatic heterocycles. The Balaban J connectivity index is 3.41.